The van der Waals surface area contributed by atoms with Crippen LogP contribution in [0.15, 0.2) is 34.1 Å². The maximum absolute atomic E-state index is 12.4. The van der Waals surface area contributed by atoms with Crippen molar-refractivity contribution >= 4 is 26.6 Å². The summed E-state index contributed by atoms with van der Waals surface area (Å²) in [6, 6.07) is 5.79. The SMILES string of the molecule is COC(=O)C(C1CC1)S(=O)c1ccc(S(C)(=O)=O)cc1. The smallest absolute Gasteiger partial charge is 0.322 e. The first-order valence-electron chi connectivity index (χ1n) is 6.13. The van der Waals surface area contributed by atoms with Crippen LogP contribution < -0.4 is 0 Å². The van der Waals surface area contributed by atoms with E-state index in [-0.39, 0.29) is 10.8 Å². The summed E-state index contributed by atoms with van der Waals surface area (Å²) in [6.45, 7) is 0. The highest BCUT2D eigenvalue weighted by Gasteiger charge is 2.41. The van der Waals surface area contributed by atoms with Gasteiger partial charge in [-0.3, -0.25) is 9.00 Å². The lowest BCUT2D eigenvalue weighted by molar-refractivity contribution is -0.140. The Hall–Kier alpha value is -1.21. The van der Waals surface area contributed by atoms with Crippen LogP contribution in [0, 0.1) is 5.92 Å². The number of benzene rings is 1. The summed E-state index contributed by atoms with van der Waals surface area (Å²) >= 11 is 0. The predicted molar refractivity (Wildman–Crippen MR) is 74.5 cm³/mol. The summed E-state index contributed by atoms with van der Waals surface area (Å²) in [4.78, 5) is 12.3. The van der Waals surface area contributed by atoms with Gasteiger partial charge in [0, 0.05) is 11.2 Å². The second-order valence-electron chi connectivity index (χ2n) is 4.82. The third kappa shape index (κ3) is 3.27. The minimum atomic E-state index is -3.28. The highest BCUT2D eigenvalue weighted by Crippen LogP contribution is 2.37. The quantitative estimate of drug-likeness (QED) is 0.762. The van der Waals surface area contributed by atoms with Crippen LogP contribution in [0.25, 0.3) is 0 Å². The zero-order valence-corrected chi connectivity index (χ0v) is 12.9. The molecule has 7 heteroatoms. The van der Waals surface area contributed by atoms with Crippen molar-refractivity contribution in [3.05, 3.63) is 24.3 Å². The van der Waals surface area contributed by atoms with Crippen molar-refractivity contribution in [1.82, 2.24) is 0 Å². The minimum Gasteiger partial charge on any atom is -0.468 e. The van der Waals surface area contributed by atoms with Crippen LogP contribution in [-0.2, 0) is 30.2 Å². The Bertz CT molecular complexity index is 629. The number of carbonyl (C=O) groups is 1. The molecule has 1 saturated carbocycles. The minimum absolute atomic E-state index is 0.0952. The fourth-order valence-corrected chi connectivity index (χ4v) is 4.16. The summed E-state index contributed by atoms with van der Waals surface area (Å²) in [6.07, 6.45) is 2.85. The second-order valence-corrected chi connectivity index (χ2v) is 8.41. The fourth-order valence-electron chi connectivity index (χ4n) is 1.94. The molecule has 0 bridgehead atoms. The van der Waals surface area contributed by atoms with Crippen LogP contribution in [0.1, 0.15) is 12.8 Å². The Balaban J connectivity index is 2.26. The molecule has 1 aromatic rings. The first-order chi connectivity index (χ1) is 9.34. The molecule has 0 radical (unpaired) electrons. The molecule has 110 valence electrons. The number of hydrogen-bond donors (Lipinski definition) is 0. The van der Waals surface area contributed by atoms with Gasteiger partial charge in [-0.1, -0.05) is 0 Å². The van der Waals surface area contributed by atoms with Gasteiger partial charge in [0.1, 0.15) is 5.25 Å². The molecule has 1 aromatic carbocycles. The average Bonchev–Trinajstić information content (AvgIpc) is 3.22. The number of carbonyl (C=O) groups excluding carboxylic acids is 1. The van der Waals surface area contributed by atoms with Crippen LogP contribution in [-0.4, -0.2) is 37.2 Å². The van der Waals surface area contributed by atoms with E-state index in [1.165, 1.54) is 31.4 Å². The van der Waals surface area contributed by atoms with Crippen molar-refractivity contribution in [3.63, 3.8) is 0 Å². The Kier molecular flexibility index (Phi) is 4.29. The molecule has 20 heavy (non-hydrogen) atoms. The molecular formula is C13H16O5S2. The maximum atomic E-state index is 12.4. The van der Waals surface area contributed by atoms with Crippen molar-refractivity contribution < 1.29 is 22.2 Å². The van der Waals surface area contributed by atoms with Crippen LogP contribution >= 0.6 is 0 Å². The van der Waals surface area contributed by atoms with Gasteiger partial charge in [0.05, 0.1) is 22.8 Å². The first-order valence-corrected chi connectivity index (χ1v) is 9.23. The molecular weight excluding hydrogens is 300 g/mol. The average molecular weight is 316 g/mol. The molecule has 0 heterocycles. The van der Waals surface area contributed by atoms with Gasteiger partial charge in [0.15, 0.2) is 9.84 Å². The third-order valence-electron chi connectivity index (χ3n) is 3.20. The number of esters is 1. The van der Waals surface area contributed by atoms with E-state index in [4.69, 9.17) is 4.74 Å². The number of ether oxygens (including phenoxy) is 1. The largest absolute Gasteiger partial charge is 0.468 e. The lowest BCUT2D eigenvalue weighted by atomic mass is 10.3. The van der Waals surface area contributed by atoms with E-state index >= 15 is 0 Å². The number of rotatable bonds is 5. The van der Waals surface area contributed by atoms with Gasteiger partial charge < -0.3 is 4.74 Å². The standard InChI is InChI=1S/C13H16O5S2/c1-18-13(14)12(9-3-4-9)19(15)10-5-7-11(8-6-10)20(2,16)17/h5-9,12H,3-4H2,1-2H3. The Morgan fingerprint density at radius 3 is 2.25 bits per heavy atom. The first kappa shape index (κ1) is 15.2. The van der Waals surface area contributed by atoms with Crippen molar-refractivity contribution in [2.24, 2.45) is 5.92 Å². The van der Waals surface area contributed by atoms with Gasteiger partial charge in [-0.25, -0.2) is 8.42 Å². The Labute approximate surface area is 120 Å². The lowest BCUT2D eigenvalue weighted by Gasteiger charge is -2.13. The maximum Gasteiger partial charge on any atom is 0.322 e. The van der Waals surface area contributed by atoms with Crippen molar-refractivity contribution in [3.8, 4) is 0 Å². The zero-order chi connectivity index (χ0) is 14.9. The van der Waals surface area contributed by atoms with Crippen molar-refractivity contribution in [2.75, 3.05) is 13.4 Å². The molecule has 0 aromatic heterocycles. The Morgan fingerprint density at radius 2 is 1.85 bits per heavy atom. The summed E-state index contributed by atoms with van der Waals surface area (Å²) < 4.78 is 39.9. The normalized spacial score (nSPS) is 18.3. The van der Waals surface area contributed by atoms with Crippen LogP contribution in [0.5, 0.6) is 0 Å². The van der Waals surface area contributed by atoms with E-state index in [1.807, 2.05) is 0 Å². The van der Waals surface area contributed by atoms with Gasteiger partial charge in [0.25, 0.3) is 0 Å². The summed E-state index contributed by atoms with van der Waals surface area (Å²) in [7, 11) is -3.52. The molecule has 2 unspecified atom stereocenters. The van der Waals surface area contributed by atoms with E-state index in [0.717, 1.165) is 19.1 Å². The molecule has 0 N–H and O–H groups in total. The predicted octanol–water partition coefficient (Wildman–Crippen LogP) is 1.15. The summed E-state index contributed by atoms with van der Waals surface area (Å²) in [5.74, 6) is -0.379. The van der Waals surface area contributed by atoms with Crippen LogP contribution in [0.2, 0.25) is 0 Å². The highest BCUT2D eigenvalue weighted by molar-refractivity contribution is 7.90. The Morgan fingerprint density at radius 1 is 1.30 bits per heavy atom. The van der Waals surface area contributed by atoms with Gasteiger partial charge in [-0.05, 0) is 43.0 Å². The molecule has 0 aliphatic heterocycles. The van der Waals surface area contributed by atoms with E-state index in [1.54, 1.807) is 0 Å². The zero-order valence-electron chi connectivity index (χ0n) is 11.2. The fraction of sp³-hybridized carbons (Fsp3) is 0.462. The molecule has 2 atom stereocenters. The van der Waals surface area contributed by atoms with E-state index in [2.05, 4.69) is 0 Å². The lowest BCUT2D eigenvalue weighted by Crippen LogP contribution is -2.29. The van der Waals surface area contributed by atoms with Crippen LogP contribution in [0.4, 0.5) is 0 Å². The molecule has 0 amide bonds. The summed E-state index contributed by atoms with van der Waals surface area (Å²) in [5, 5.41) is -0.663. The highest BCUT2D eigenvalue weighted by atomic mass is 32.2. The van der Waals surface area contributed by atoms with Gasteiger partial charge >= 0.3 is 5.97 Å². The van der Waals surface area contributed by atoms with E-state index in [0.29, 0.717) is 4.90 Å². The van der Waals surface area contributed by atoms with Crippen LogP contribution in [0.3, 0.4) is 0 Å². The topological polar surface area (TPSA) is 77.5 Å². The van der Waals surface area contributed by atoms with Gasteiger partial charge in [-0.15, -0.1) is 0 Å². The van der Waals surface area contributed by atoms with E-state index < -0.39 is 31.9 Å². The van der Waals surface area contributed by atoms with Crippen molar-refractivity contribution in [1.29, 1.82) is 0 Å². The molecule has 5 nitrogen and oxygen atoms in total. The number of methoxy groups -OCH3 is 1. The molecule has 0 saturated heterocycles. The van der Waals surface area contributed by atoms with Gasteiger partial charge in [-0.2, -0.15) is 0 Å². The number of hydrogen-bond acceptors (Lipinski definition) is 5. The monoisotopic (exact) mass is 316 g/mol. The second kappa shape index (κ2) is 5.65. The molecule has 2 rings (SSSR count). The molecule has 1 aliphatic rings. The molecule has 1 fully saturated rings. The number of sulfone groups is 1. The van der Waals surface area contributed by atoms with Gasteiger partial charge in [0.2, 0.25) is 0 Å². The molecule has 1 aliphatic carbocycles. The molecule has 0 spiro atoms. The van der Waals surface area contributed by atoms with E-state index in [9.17, 15) is 17.4 Å². The third-order valence-corrected chi connectivity index (χ3v) is 6.10. The van der Waals surface area contributed by atoms with Crippen molar-refractivity contribution in [2.45, 2.75) is 27.9 Å². The summed E-state index contributed by atoms with van der Waals surface area (Å²) in [5.41, 5.74) is 0.